The molecule has 114 valence electrons. The number of hydrogen-bond donors (Lipinski definition) is 1. The lowest BCUT2D eigenvalue weighted by Crippen LogP contribution is -2.38. The minimum Gasteiger partial charge on any atom is -0.465 e. The average Bonchev–Trinajstić information content (AvgIpc) is 3.02. The minimum absolute atomic E-state index is 0.185. The number of fused-ring (bicyclic) bond motifs is 1. The smallest absolute Gasteiger partial charge is 0.339 e. The lowest BCUT2D eigenvalue weighted by molar-refractivity contribution is 0.0600. The van der Waals surface area contributed by atoms with E-state index in [0.717, 1.165) is 6.42 Å². The maximum absolute atomic E-state index is 12.3. The number of anilines is 1. The SMILES string of the molecule is COC(=O)c1ccc(NC(=O)N2CCc3sccc3C2)nc1. The third kappa shape index (κ3) is 2.94. The summed E-state index contributed by atoms with van der Waals surface area (Å²) in [6, 6.07) is 5.03. The van der Waals surface area contributed by atoms with E-state index in [4.69, 9.17) is 0 Å². The van der Waals surface area contributed by atoms with Gasteiger partial charge < -0.3 is 9.64 Å². The second-order valence-corrected chi connectivity index (χ2v) is 5.90. The van der Waals surface area contributed by atoms with Crippen LogP contribution in [0.2, 0.25) is 0 Å². The van der Waals surface area contributed by atoms with Crippen LogP contribution in [0.1, 0.15) is 20.8 Å². The first-order valence-electron chi connectivity index (χ1n) is 6.83. The predicted octanol–water partition coefficient (Wildman–Crippen LogP) is 2.52. The van der Waals surface area contributed by atoms with E-state index in [0.29, 0.717) is 24.5 Å². The summed E-state index contributed by atoms with van der Waals surface area (Å²) in [5.74, 6) is -0.0415. The Hall–Kier alpha value is -2.41. The van der Waals surface area contributed by atoms with E-state index in [2.05, 4.69) is 26.5 Å². The standard InChI is InChI=1S/C15H15N3O3S/c1-21-14(19)10-2-3-13(16-8-10)17-15(20)18-6-4-12-11(9-18)5-7-22-12/h2-3,5,7-8H,4,6,9H2,1H3,(H,16,17,20). The third-order valence-corrected chi connectivity index (χ3v) is 4.54. The Kier molecular flexibility index (Phi) is 4.06. The number of hydrogen-bond acceptors (Lipinski definition) is 5. The molecule has 3 rings (SSSR count). The van der Waals surface area contributed by atoms with E-state index < -0.39 is 5.97 Å². The van der Waals surface area contributed by atoms with Gasteiger partial charge in [0, 0.05) is 24.2 Å². The topological polar surface area (TPSA) is 71.5 Å². The highest BCUT2D eigenvalue weighted by molar-refractivity contribution is 7.10. The molecule has 3 heterocycles. The number of urea groups is 1. The van der Waals surface area contributed by atoms with Crippen molar-refractivity contribution in [2.75, 3.05) is 19.0 Å². The van der Waals surface area contributed by atoms with Gasteiger partial charge in [0.15, 0.2) is 0 Å². The van der Waals surface area contributed by atoms with Crippen LogP contribution in [0.15, 0.2) is 29.8 Å². The van der Waals surface area contributed by atoms with Crippen molar-refractivity contribution < 1.29 is 14.3 Å². The highest BCUT2D eigenvalue weighted by atomic mass is 32.1. The van der Waals surface area contributed by atoms with E-state index in [-0.39, 0.29) is 6.03 Å². The van der Waals surface area contributed by atoms with E-state index >= 15 is 0 Å². The predicted molar refractivity (Wildman–Crippen MR) is 83.0 cm³/mol. The summed E-state index contributed by atoms with van der Waals surface area (Å²) < 4.78 is 4.60. The Morgan fingerprint density at radius 3 is 2.95 bits per heavy atom. The number of nitrogens with one attached hydrogen (secondary N) is 1. The molecule has 2 amide bonds. The van der Waals surface area contributed by atoms with Crippen molar-refractivity contribution in [1.29, 1.82) is 0 Å². The molecule has 0 aliphatic carbocycles. The maximum atomic E-state index is 12.3. The molecule has 6 nitrogen and oxygen atoms in total. The molecule has 0 aromatic carbocycles. The van der Waals surface area contributed by atoms with Gasteiger partial charge in [-0.3, -0.25) is 5.32 Å². The van der Waals surface area contributed by atoms with Gasteiger partial charge in [-0.05, 0) is 35.6 Å². The summed E-state index contributed by atoms with van der Waals surface area (Å²) in [5, 5.41) is 4.80. The molecule has 1 aliphatic rings. The number of esters is 1. The number of thiophene rings is 1. The van der Waals surface area contributed by atoms with Gasteiger partial charge in [0.1, 0.15) is 5.82 Å². The lowest BCUT2D eigenvalue weighted by atomic mass is 10.1. The molecule has 0 spiro atoms. The molecule has 0 saturated heterocycles. The van der Waals surface area contributed by atoms with Crippen LogP contribution in [0.5, 0.6) is 0 Å². The number of carbonyl (C=O) groups excluding carboxylic acids is 2. The van der Waals surface area contributed by atoms with Crippen LogP contribution in [-0.4, -0.2) is 35.5 Å². The van der Waals surface area contributed by atoms with E-state index in [1.165, 1.54) is 23.7 Å². The molecular formula is C15H15N3O3S. The zero-order valence-corrected chi connectivity index (χ0v) is 12.9. The van der Waals surface area contributed by atoms with Crippen molar-refractivity contribution in [3.8, 4) is 0 Å². The number of amides is 2. The van der Waals surface area contributed by atoms with E-state index in [1.54, 1.807) is 28.4 Å². The number of rotatable bonds is 2. The van der Waals surface area contributed by atoms with Crippen molar-refractivity contribution in [2.45, 2.75) is 13.0 Å². The zero-order valence-electron chi connectivity index (χ0n) is 12.0. The monoisotopic (exact) mass is 317 g/mol. The van der Waals surface area contributed by atoms with Gasteiger partial charge in [0.2, 0.25) is 0 Å². The molecule has 2 aromatic rings. The number of ether oxygens (including phenoxy) is 1. The summed E-state index contributed by atoms with van der Waals surface area (Å²) in [6.45, 7) is 1.31. The fourth-order valence-corrected chi connectivity index (χ4v) is 3.21. The lowest BCUT2D eigenvalue weighted by Gasteiger charge is -2.26. The summed E-state index contributed by atoms with van der Waals surface area (Å²) in [6.07, 6.45) is 2.27. The Morgan fingerprint density at radius 2 is 2.23 bits per heavy atom. The molecule has 0 unspecified atom stereocenters. The second kappa shape index (κ2) is 6.15. The fourth-order valence-electron chi connectivity index (χ4n) is 2.32. The molecular weight excluding hydrogens is 302 g/mol. The molecule has 1 aliphatic heterocycles. The van der Waals surface area contributed by atoms with Crippen molar-refractivity contribution in [3.63, 3.8) is 0 Å². The summed E-state index contributed by atoms with van der Waals surface area (Å²) in [7, 11) is 1.31. The molecule has 0 atom stereocenters. The highest BCUT2D eigenvalue weighted by Gasteiger charge is 2.21. The maximum Gasteiger partial charge on any atom is 0.339 e. The summed E-state index contributed by atoms with van der Waals surface area (Å²) in [5.41, 5.74) is 1.56. The number of aromatic nitrogens is 1. The first kappa shape index (κ1) is 14.5. The average molecular weight is 317 g/mol. The van der Waals surface area contributed by atoms with Crippen LogP contribution in [0.4, 0.5) is 10.6 Å². The van der Waals surface area contributed by atoms with Crippen molar-refractivity contribution >= 4 is 29.2 Å². The van der Waals surface area contributed by atoms with Crippen LogP contribution in [0.25, 0.3) is 0 Å². The Balaban J connectivity index is 1.64. The molecule has 22 heavy (non-hydrogen) atoms. The molecule has 2 aromatic heterocycles. The zero-order chi connectivity index (χ0) is 15.5. The first-order valence-corrected chi connectivity index (χ1v) is 7.71. The summed E-state index contributed by atoms with van der Waals surface area (Å²) in [4.78, 5) is 30.8. The largest absolute Gasteiger partial charge is 0.465 e. The van der Waals surface area contributed by atoms with Gasteiger partial charge in [-0.2, -0.15) is 0 Å². The van der Waals surface area contributed by atoms with Gasteiger partial charge in [0.25, 0.3) is 0 Å². The van der Waals surface area contributed by atoms with Crippen LogP contribution in [0, 0.1) is 0 Å². The van der Waals surface area contributed by atoms with Crippen molar-refractivity contribution in [1.82, 2.24) is 9.88 Å². The Morgan fingerprint density at radius 1 is 1.36 bits per heavy atom. The Bertz CT molecular complexity index is 696. The first-order chi connectivity index (χ1) is 10.7. The van der Waals surface area contributed by atoms with Crippen LogP contribution in [0.3, 0.4) is 0 Å². The van der Waals surface area contributed by atoms with Crippen LogP contribution >= 0.6 is 11.3 Å². The quantitative estimate of drug-likeness (QED) is 0.864. The molecule has 7 heteroatoms. The molecule has 0 radical (unpaired) electrons. The van der Waals surface area contributed by atoms with Gasteiger partial charge in [-0.1, -0.05) is 0 Å². The number of methoxy groups -OCH3 is 1. The summed E-state index contributed by atoms with van der Waals surface area (Å²) >= 11 is 1.74. The van der Waals surface area contributed by atoms with Crippen LogP contribution < -0.4 is 5.32 Å². The molecule has 0 fully saturated rings. The normalized spacial score (nSPS) is 13.4. The minimum atomic E-state index is -0.452. The van der Waals surface area contributed by atoms with Gasteiger partial charge >= 0.3 is 12.0 Å². The van der Waals surface area contributed by atoms with Crippen LogP contribution in [-0.2, 0) is 17.7 Å². The van der Waals surface area contributed by atoms with Gasteiger partial charge in [-0.15, -0.1) is 11.3 Å². The number of pyridine rings is 1. The number of carbonyl (C=O) groups is 2. The highest BCUT2D eigenvalue weighted by Crippen LogP contribution is 2.24. The Labute approximate surface area is 131 Å². The van der Waals surface area contributed by atoms with Crippen molar-refractivity contribution in [3.05, 3.63) is 45.8 Å². The fraction of sp³-hybridized carbons (Fsp3) is 0.267. The molecule has 0 bridgehead atoms. The van der Waals surface area contributed by atoms with E-state index in [1.807, 2.05) is 0 Å². The molecule has 1 N–H and O–H groups in total. The number of nitrogens with zero attached hydrogens (tertiary/aromatic N) is 2. The third-order valence-electron chi connectivity index (χ3n) is 3.51. The second-order valence-electron chi connectivity index (χ2n) is 4.89. The molecule has 0 saturated carbocycles. The van der Waals surface area contributed by atoms with Crippen molar-refractivity contribution in [2.24, 2.45) is 0 Å². The van der Waals surface area contributed by atoms with Gasteiger partial charge in [-0.25, -0.2) is 14.6 Å². The van der Waals surface area contributed by atoms with E-state index in [9.17, 15) is 9.59 Å². The van der Waals surface area contributed by atoms with Gasteiger partial charge in [0.05, 0.1) is 12.7 Å².